The molecular weight excluding hydrogens is 467 g/mol. The number of hydrogen-bond acceptors (Lipinski definition) is 6. The molecule has 186 valence electrons. The number of amides is 2. The molecule has 0 spiro atoms. The minimum atomic E-state index is -0.553. The van der Waals surface area contributed by atoms with Gasteiger partial charge in [0.2, 0.25) is 0 Å². The van der Waals surface area contributed by atoms with Crippen molar-refractivity contribution in [3.63, 3.8) is 0 Å². The third kappa shape index (κ3) is 5.25. The molecule has 5 rings (SSSR count). The molecule has 2 aromatic carbocycles. The molecule has 1 fully saturated rings. The minimum Gasteiger partial charge on any atom is -0.482 e. The van der Waals surface area contributed by atoms with Gasteiger partial charge in [0.1, 0.15) is 11.5 Å². The quantitative estimate of drug-likeness (QED) is 0.453. The normalized spacial score (nSPS) is 14.7. The topological polar surface area (TPSA) is 98.1 Å². The molecule has 1 N–H and O–H groups in total. The van der Waals surface area contributed by atoms with Gasteiger partial charge >= 0.3 is 0 Å². The number of aryl methyl sites for hydroxylation is 1. The number of carbonyl (C=O) groups excluding carboxylic acids is 3. The standard InChI is InChI=1S/C27H25FN2O6/c1-16-2-7-20(28)25(10-16)34-14-22(31)18-5-8-23-21(11-18)30(26(32)15-35-23)13-19-6-9-24(36-19)27(33)29-12-17-3-4-17/h2,5-11,17H,3-4,12-15H2,1H3,(H,29,33). The lowest BCUT2D eigenvalue weighted by molar-refractivity contribution is -0.121. The number of nitrogens with one attached hydrogen (secondary N) is 1. The van der Waals surface area contributed by atoms with E-state index in [-0.39, 0.29) is 54.4 Å². The number of anilines is 1. The van der Waals surface area contributed by atoms with Crippen molar-refractivity contribution in [3.05, 3.63) is 77.0 Å². The van der Waals surface area contributed by atoms with Gasteiger partial charge in [-0.2, -0.15) is 0 Å². The van der Waals surface area contributed by atoms with E-state index in [1.807, 2.05) is 0 Å². The molecule has 2 amide bonds. The molecule has 1 aromatic heterocycles. The summed E-state index contributed by atoms with van der Waals surface area (Å²) in [5.74, 6) is 0.0261. The van der Waals surface area contributed by atoms with Crippen LogP contribution in [0.25, 0.3) is 0 Å². The van der Waals surface area contributed by atoms with Crippen LogP contribution in [0.5, 0.6) is 11.5 Å². The molecule has 0 unspecified atom stereocenters. The predicted molar refractivity (Wildman–Crippen MR) is 128 cm³/mol. The second-order valence-corrected chi connectivity index (χ2v) is 9.02. The number of ether oxygens (including phenoxy) is 2. The number of fused-ring (bicyclic) bond motifs is 1. The van der Waals surface area contributed by atoms with Crippen LogP contribution in [0.1, 0.15) is 45.1 Å². The minimum absolute atomic E-state index is 0.00348. The van der Waals surface area contributed by atoms with Crippen molar-refractivity contribution in [2.45, 2.75) is 26.3 Å². The van der Waals surface area contributed by atoms with E-state index in [2.05, 4.69) is 5.32 Å². The van der Waals surface area contributed by atoms with Gasteiger partial charge in [-0.05, 0) is 73.7 Å². The highest BCUT2D eigenvalue weighted by Gasteiger charge is 2.28. The molecule has 1 saturated carbocycles. The Balaban J connectivity index is 1.29. The Hall–Kier alpha value is -4.14. The predicted octanol–water partition coefficient (Wildman–Crippen LogP) is 4.05. The first-order valence-corrected chi connectivity index (χ1v) is 11.7. The number of furan rings is 1. The van der Waals surface area contributed by atoms with E-state index >= 15 is 0 Å². The van der Waals surface area contributed by atoms with Crippen LogP contribution in [0, 0.1) is 18.7 Å². The largest absolute Gasteiger partial charge is 0.482 e. The van der Waals surface area contributed by atoms with Crippen molar-refractivity contribution in [2.75, 3.05) is 24.7 Å². The van der Waals surface area contributed by atoms with Crippen LogP contribution < -0.4 is 19.7 Å². The lowest BCUT2D eigenvalue weighted by Crippen LogP contribution is -2.38. The first-order valence-electron chi connectivity index (χ1n) is 11.7. The number of ketones is 1. The van der Waals surface area contributed by atoms with E-state index in [1.165, 1.54) is 23.1 Å². The number of rotatable bonds is 9. The molecule has 8 nitrogen and oxygen atoms in total. The number of nitrogens with zero attached hydrogens (tertiary/aromatic N) is 1. The van der Waals surface area contributed by atoms with Crippen LogP contribution in [-0.2, 0) is 11.3 Å². The van der Waals surface area contributed by atoms with Crippen LogP contribution in [0.4, 0.5) is 10.1 Å². The van der Waals surface area contributed by atoms with Gasteiger partial charge in [-0.1, -0.05) is 6.07 Å². The Morgan fingerprint density at radius 2 is 1.97 bits per heavy atom. The zero-order chi connectivity index (χ0) is 25.2. The fourth-order valence-corrected chi connectivity index (χ4v) is 3.88. The summed E-state index contributed by atoms with van der Waals surface area (Å²) in [4.78, 5) is 39.2. The fraction of sp³-hybridized carbons (Fsp3) is 0.296. The van der Waals surface area contributed by atoms with Crippen LogP contribution in [-0.4, -0.2) is 37.4 Å². The van der Waals surface area contributed by atoms with Crippen LogP contribution >= 0.6 is 0 Å². The van der Waals surface area contributed by atoms with E-state index in [9.17, 15) is 18.8 Å². The molecular formula is C27H25FN2O6. The van der Waals surface area contributed by atoms with Gasteiger partial charge in [0.05, 0.1) is 12.2 Å². The number of hydrogen-bond donors (Lipinski definition) is 1. The van der Waals surface area contributed by atoms with Crippen molar-refractivity contribution in [3.8, 4) is 11.5 Å². The molecule has 0 saturated heterocycles. The van der Waals surface area contributed by atoms with E-state index in [0.29, 0.717) is 29.7 Å². The summed E-state index contributed by atoms with van der Waals surface area (Å²) in [5, 5.41) is 2.85. The zero-order valence-electron chi connectivity index (χ0n) is 19.7. The molecule has 9 heteroatoms. The highest BCUT2D eigenvalue weighted by atomic mass is 19.1. The molecule has 0 radical (unpaired) electrons. The maximum atomic E-state index is 14.0. The summed E-state index contributed by atoms with van der Waals surface area (Å²) in [6.45, 7) is 1.96. The average Bonchev–Trinajstić information content (AvgIpc) is 3.59. The van der Waals surface area contributed by atoms with Crippen LogP contribution in [0.15, 0.2) is 52.9 Å². The average molecular weight is 493 g/mol. The second-order valence-electron chi connectivity index (χ2n) is 9.02. The molecule has 0 atom stereocenters. The molecule has 1 aliphatic heterocycles. The van der Waals surface area contributed by atoms with Crippen molar-refractivity contribution in [1.29, 1.82) is 0 Å². The summed E-state index contributed by atoms with van der Waals surface area (Å²) in [5.41, 5.74) is 1.49. The first kappa shape index (κ1) is 23.6. The highest BCUT2D eigenvalue weighted by Crippen LogP contribution is 2.34. The highest BCUT2D eigenvalue weighted by molar-refractivity contribution is 6.02. The maximum absolute atomic E-state index is 14.0. The first-order chi connectivity index (χ1) is 17.4. The van der Waals surface area contributed by atoms with Gasteiger partial charge in [0.15, 0.2) is 36.3 Å². The van der Waals surface area contributed by atoms with Crippen molar-refractivity contribution < 1.29 is 32.7 Å². The van der Waals surface area contributed by atoms with Gasteiger partial charge in [0.25, 0.3) is 11.8 Å². The van der Waals surface area contributed by atoms with E-state index in [4.69, 9.17) is 13.9 Å². The molecule has 2 heterocycles. The molecule has 3 aromatic rings. The molecule has 2 aliphatic rings. The Kier molecular flexibility index (Phi) is 6.45. The Labute approximate surface area is 207 Å². The monoisotopic (exact) mass is 492 g/mol. The molecule has 36 heavy (non-hydrogen) atoms. The lowest BCUT2D eigenvalue weighted by atomic mass is 10.1. The second kappa shape index (κ2) is 9.85. The smallest absolute Gasteiger partial charge is 0.287 e. The van der Waals surface area contributed by atoms with Crippen LogP contribution in [0.3, 0.4) is 0 Å². The van der Waals surface area contributed by atoms with Gasteiger partial charge in [-0.25, -0.2) is 4.39 Å². The molecule has 1 aliphatic carbocycles. The maximum Gasteiger partial charge on any atom is 0.287 e. The van der Waals surface area contributed by atoms with E-state index in [1.54, 1.807) is 37.3 Å². The van der Waals surface area contributed by atoms with E-state index < -0.39 is 5.82 Å². The van der Waals surface area contributed by atoms with Crippen molar-refractivity contribution in [2.24, 2.45) is 5.92 Å². The lowest BCUT2D eigenvalue weighted by Gasteiger charge is -2.29. The Bertz CT molecular complexity index is 1330. The molecule has 0 bridgehead atoms. The van der Waals surface area contributed by atoms with Gasteiger partial charge < -0.3 is 19.2 Å². The summed E-state index contributed by atoms with van der Waals surface area (Å²) >= 11 is 0. The summed E-state index contributed by atoms with van der Waals surface area (Å²) in [6.07, 6.45) is 2.25. The van der Waals surface area contributed by atoms with Gasteiger partial charge in [-0.3, -0.25) is 19.3 Å². The van der Waals surface area contributed by atoms with Crippen molar-refractivity contribution >= 4 is 23.3 Å². The van der Waals surface area contributed by atoms with Crippen LogP contribution in [0.2, 0.25) is 0 Å². The summed E-state index contributed by atoms with van der Waals surface area (Å²) in [6, 6.07) is 12.4. The number of halogens is 1. The SMILES string of the molecule is Cc1ccc(F)c(OCC(=O)c2ccc3c(c2)N(Cc2ccc(C(=O)NCC4CC4)o2)C(=O)CO3)c1. The fourth-order valence-electron chi connectivity index (χ4n) is 3.88. The number of carbonyl (C=O) groups is 3. The third-order valence-corrected chi connectivity index (χ3v) is 6.12. The number of Topliss-reactive ketones (excluding diaryl/α,β-unsaturated/α-hetero) is 1. The van der Waals surface area contributed by atoms with E-state index in [0.717, 1.165) is 18.4 Å². The summed E-state index contributed by atoms with van der Waals surface area (Å²) in [7, 11) is 0. The third-order valence-electron chi connectivity index (χ3n) is 6.12. The zero-order valence-corrected chi connectivity index (χ0v) is 19.7. The van der Waals surface area contributed by atoms with Gasteiger partial charge in [0, 0.05) is 12.1 Å². The van der Waals surface area contributed by atoms with Gasteiger partial charge in [-0.15, -0.1) is 0 Å². The number of benzene rings is 2. The Morgan fingerprint density at radius 3 is 2.78 bits per heavy atom. The Morgan fingerprint density at radius 1 is 1.14 bits per heavy atom. The van der Waals surface area contributed by atoms with Crippen molar-refractivity contribution in [1.82, 2.24) is 5.32 Å². The summed E-state index contributed by atoms with van der Waals surface area (Å²) < 4.78 is 30.5.